The predicted molar refractivity (Wildman–Crippen MR) is 351 cm³/mol. The summed E-state index contributed by atoms with van der Waals surface area (Å²) in [5.41, 5.74) is 0. The van der Waals surface area contributed by atoms with Crippen LogP contribution in [-0.4, -0.2) is 193 Å². The third kappa shape index (κ3) is 35.0. The van der Waals surface area contributed by atoms with Crippen LogP contribution < -0.4 is 5.32 Å². The van der Waals surface area contributed by atoms with Crippen molar-refractivity contribution < 1.29 is 89.4 Å². The highest BCUT2D eigenvalue weighted by Gasteiger charge is 2.53. The largest absolute Gasteiger partial charge is 0.394 e. The molecule has 0 aromatic carbocycles. The number of allylic oxidation sites excluding steroid dienone is 1. The van der Waals surface area contributed by atoms with Gasteiger partial charge in [0, 0.05) is 6.42 Å². The summed E-state index contributed by atoms with van der Waals surface area (Å²) in [6, 6.07) is -0.966. The van der Waals surface area contributed by atoms with Crippen molar-refractivity contribution in [1.82, 2.24) is 5.32 Å². The standard InChI is InChI=1S/C71H135NO18/c1-3-5-7-9-11-12-13-14-15-16-17-18-19-20-21-22-23-24-25-26-27-28-29-30-31-32-33-34-35-36-37-38-39-40-41-43-45-47-49-59(77)72-54(55(76)48-46-44-42-10-8-6-4-2)53-85-69-65(83)62(80)67(57(51-74)87-69)90-71-66(84)63(81)68(58(52-75)88-71)89-70-64(82)61(79)60(78)56(50-73)86-70/h46,48,54-58,60-71,73-76,78-84H,3-45,47,49-53H2,1-2H3,(H,72,77)/b48-46+. The van der Waals surface area contributed by atoms with Crippen LogP contribution in [0.4, 0.5) is 0 Å². The Morgan fingerprint density at radius 3 is 1.04 bits per heavy atom. The first-order valence-corrected chi connectivity index (χ1v) is 36.9. The van der Waals surface area contributed by atoms with Crippen molar-refractivity contribution in [1.29, 1.82) is 0 Å². The molecule has 0 bridgehead atoms. The highest BCUT2D eigenvalue weighted by molar-refractivity contribution is 5.76. The normalized spacial score (nSPS) is 28.0. The minimum Gasteiger partial charge on any atom is -0.394 e. The van der Waals surface area contributed by atoms with Crippen LogP contribution in [0.15, 0.2) is 12.2 Å². The minimum atomic E-state index is -1.97. The summed E-state index contributed by atoms with van der Waals surface area (Å²) in [4.78, 5) is 13.3. The van der Waals surface area contributed by atoms with Gasteiger partial charge in [0.25, 0.3) is 0 Å². The summed E-state index contributed by atoms with van der Waals surface area (Å²) in [7, 11) is 0. The minimum absolute atomic E-state index is 0.248. The number of nitrogens with one attached hydrogen (secondary N) is 1. The second-order valence-corrected chi connectivity index (χ2v) is 26.8. The molecule has 12 N–H and O–H groups in total. The SMILES string of the molecule is CCCCCCC/C=C/C(O)C(COC1OC(CO)C(OC2OC(CO)C(OC3OC(CO)C(O)C(O)C3O)C(O)C2O)C(O)C1O)NC(=O)CCCCCCCCCCCCCCCCCCCCCCCCCCCCCCCCCCCCCCCC. The molecule has 0 aromatic rings. The summed E-state index contributed by atoms with van der Waals surface area (Å²) in [6.07, 6.45) is 34.4. The maximum atomic E-state index is 13.3. The fourth-order valence-corrected chi connectivity index (χ4v) is 12.8. The van der Waals surface area contributed by atoms with Gasteiger partial charge in [-0.2, -0.15) is 0 Å². The van der Waals surface area contributed by atoms with Crippen LogP contribution in [0.25, 0.3) is 0 Å². The number of carbonyl (C=O) groups is 1. The molecule has 0 radical (unpaired) electrons. The monoisotopic (exact) mass is 1290 g/mol. The summed E-state index contributed by atoms with van der Waals surface area (Å²) >= 11 is 0. The maximum Gasteiger partial charge on any atom is 0.220 e. The predicted octanol–water partition coefficient (Wildman–Crippen LogP) is 10.4. The number of amides is 1. The molecule has 3 saturated heterocycles. The average Bonchev–Trinajstić information content (AvgIpc) is 0.854. The number of ether oxygens (including phenoxy) is 6. The molecule has 19 heteroatoms. The number of unbranched alkanes of at least 4 members (excludes halogenated alkanes) is 42. The number of hydrogen-bond donors (Lipinski definition) is 12. The van der Waals surface area contributed by atoms with Crippen molar-refractivity contribution in [2.75, 3.05) is 26.4 Å². The first-order valence-electron chi connectivity index (χ1n) is 36.9. The lowest BCUT2D eigenvalue weighted by Crippen LogP contribution is -2.66. The molecule has 3 aliphatic heterocycles. The van der Waals surface area contributed by atoms with E-state index < -0.39 is 124 Å². The summed E-state index contributed by atoms with van der Waals surface area (Å²) < 4.78 is 34.2. The van der Waals surface area contributed by atoms with Crippen molar-refractivity contribution in [3.63, 3.8) is 0 Å². The molecule has 0 spiro atoms. The Hall–Kier alpha value is -1.47. The van der Waals surface area contributed by atoms with E-state index in [2.05, 4.69) is 19.2 Å². The Bertz CT molecular complexity index is 1680. The van der Waals surface area contributed by atoms with Crippen molar-refractivity contribution in [2.45, 2.75) is 407 Å². The lowest BCUT2D eigenvalue weighted by atomic mass is 9.96. The molecule has 532 valence electrons. The second kappa shape index (κ2) is 53.6. The molecule has 3 heterocycles. The molecule has 1 amide bonds. The fourth-order valence-electron chi connectivity index (χ4n) is 12.8. The van der Waals surface area contributed by atoms with E-state index in [1.54, 1.807) is 6.08 Å². The topological polar surface area (TPSA) is 307 Å². The van der Waals surface area contributed by atoms with E-state index in [1.165, 1.54) is 218 Å². The highest BCUT2D eigenvalue weighted by atomic mass is 16.8. The van der Waals surface area contributed by atoms with Crippen LogP contribution in [0.3, 0.4) is 0 Å². The Labute approximate surface area is 544 Å². The Morgan fingerprint density at radius 2 is 0.689 bits per heavy atom. The van der Waals surface area contributed by atoms with E-state index in [-0.39, 0.29) is 18.9 Å². The lowest BCUT2D eigenvalue weighted by Gasteiger charge is -2.48. The van der Waals surface area contributed by atoms with Crippen molar-refractivity contribution >= 4 is 5.91 Å². The van der Waals surface area contributed by atoms with Gasteiger partial charge in [-0.25, -0.2) is 0 Å². The second-order valence-electron chi connectivity index (χ2n) is 26.8. The van der Waals surface area contributed by atoms with Gasteiger partial charge in [-0.1, -0.05) is 289 Å². The van der Waals surface area contributed by atoms with E-state index in [9.17, 15) is 61.0 Å². The molecular formula is C71H135NO18. The van der Waals surface area contributed by atoms with Gasteiger partial charge in [0.1, 0.15) is 73.2 Å². The molecule has 3 aliphatic rings. The van der Waals surface area contributed by atoms with Crippen molar-refractivity contribution in [2.24, 2.45) is 0 Å². The molecule has 0 aliphatic carbocycles. The van der Waals surface area contributed by atoms with Crippen molar-refractivity contribution in [3.8, 4) is 0 Å². The van der Waals surface area contributed by atoms with Gasteiger partial charge in [0.2, 0.25) is 5.91 Å². The Morgan fingerprint density at radius 1 is 0.389 bits per heavy atom. The van der Waals surface area contributed by atoms with E-state index in [0.717, 1.165) is 57.8 Å². The molecular weight excluding hydrogens is 1150 g/mol. The maximum absolute atomic E-state index is 13.3. The molecule has 17 unspecified atom stereocenters. The third-order valence-corrected chi connectivity index (χ3v) is 18.8. The molecule has 3 fully saturated rings. The Kier molecular flexibility index (Phi) is 49.3. The number of aliphatic hydroxyl groups is 11. The van der Waals surface area contributed by atoms with Crippen molar-refractivity contribution in [3.05, 3.63) is 12.2 Å². The van der Waals surface area contributed by atoms with Crippen LogP contribution >= 0.6 is 0 Å². The molecule has 3 rings (SSSR count). The lowest BCUT2D eigenvalue weighted by molar-refractivity contribution is -0.379. The zero-order valence-electron chi connectivity index (χ0n) is 56.4. The smallest absolute Gasteiger partial charge is 0.220 e. The first kappa shape index (κ1) is 82.8. The molecule has 0 saturated carbocycles. The van der Waals surface area contributed by atoms with Gasteiger partial charge >= 0.3 is 0 Å². The molecule has 19 nitrogen and oxygen atoms in total. The quantitative estimate of drug-likeness (QED) is 0.0199. The zero-order valence-corrected chi connectivity index (χ0v) is 56.4. The van der Waals surface area contributed by atoms with E-state index in [1.807, 2.05) is 6.08 Å². The number of hydrogen-bond acceptors (Lipinski definition) is 18. The van der Waals surface area contributed by atoms with Gasteiger partial charge in [-0.05, 0) is 19.3 Å². The van der Waals surface area contributed by atoms with Crippen LogP contribution in [-0.2, 0) is 33.2 Å². The first-order chi connectivity index (χ1) is 43.8. The Balaban J connectivity index is 1.23. The van der Waals surface area contributed by atoms with Gasteiger partial charge in [0.15, 0.2) is 18.9 Å². The highest BCUT2D eigenvalue weighted by Crippen LogP contribution is 2.33. The molecule has 0 aromatic heterocycles. The van der Waals surface area contributed by atoms with Gasteiger partial charge in [-0.3, -0.25) is 4.79 Å². The van der Waals surface area contributed by atoms with Crippen LogP contribution in [0.5, 0.6) is 0 Å². The number of carbonyl (C=O) groups excluding carboxylic acids is 1. The molecule has 17 atom stereocenters. The van der Waals surface area contributed by atoms with Crippen LogP contribution in [0.1, 0.15) is 303 Å². The number of aliphatic hydroxyl groups excluding tert-OH is 11. The van der Waals surface area contributed by atoms with Gasteiger partial charge in [0.05, 0.1) is 38.6 Å². The fraction of sp³-hybridized carbons (Fsp3) is 0.958. The average molecular weight is 1290 g/mol. The molecule has 90 heavy (non-hydrogen) atoms. The van der Waals surface area contributed by atoms with Crippen LogP contribution in [0.2, 0.25) is 0 Å². The summed E-state index contributed by atoms with van der Waals surface area (Å²) in [6.45, 7) is 1.68. The summed E-state index contributed by atoms with van der Waals surface area (Å²) in [5.74, 6) is -0.274. The van der Waals surface area contributed by atoms with Gasteiger partial charge in [-0.15, -0.1) is 0 Å². The van der Waals surface area contributed by atoms with Crippen LogP contribution in [0, 0.1) is 0 Å². The van der Waals surface area contributed by atoms with Gasteiger partial charge < -0.3 is 89.9 Å². The zero-order chi connectivity index (χ0) is 65.4. The summed E-state index contributed by atoms with van der Waals surface area (Å²) in [5, 5.41) is 120. The number of rotatable bonds is 58. The van der Waals surface area contributed by atoms with E-state index in [0.29, 0.717) is 6.42 Å². The van der Waals surface area contributed by atoms with E-state index >= 15 is 0 Å². The third-order valence-electron chi connectivity index (χ3n) is 18.8. The van der Waals surface area contributed by atoms with E-state index in [4.69, 9.17) is 28.4 Å².